The lowest BCUT2D eigenvalue weighted by Crippen LogP contribution is -2.46. The van der Waals surface area contributed by atoms with Crippen LogP contribution in [0.5, 0.6) is 0 Å². The molecule has 2 unspecified atom stereocenters. The van der Waals surface area contributed by atoms with E-state index in [1.807, 2.05) is 24.3 Å². The van der Waals surface area contributed by atoms with Gasteiger partial charge in [-0.15, -0.1) is 0 Å². The molecule has 17 heavy (non-hydrogen) atoms. The van der Waals surface area contributed by atoms with E-state index >= 15 is 0 Å². The van der Waals surface area contributed by atoms with Gasteiger partial charge in [0.1, 0.15) is 0 Å². The minimum atomic E-state index is -0.0128. The fourth-order valence-corrected chi connectivity index (χ4v) is 2.30. The normalized spacial score (nSPS) is 15.6. The van der Waals surface area contributed by atoms with Gasteiger partial charge in [0.05, 0.1) is 6.10 Å². The molecule has 0 bridgehead atoms. The summed E-state index contributed by atoms with van der Waals surface area (Å²) in [5.74, 6) is 0. The molecule has 0 fully saturated rings. The Morgan fingerprint density at radius 2 is 1.76 bits per heavy atom. The SMILES string of the molecule is COC(C(N)Cc1ccc(Cl)cc1)C(C)(C)C. The van der Waals surface area contributed by atoms with Gasteiger partial charge in [-0.1, -0.05) is 44.5 Å². The van der Waals surface area contributed by atoms with E-state index in [1.165, 1.54) is 5.56 Å². The molecule has 0 aromatic heterocycles. The van der Waals surface area contributed by atoms with Crippen LogP contribution >= 0.6 is 11.6 Å². The predicted molar refractivity (Wildman–Crippen MR) is 73.4 cm³/mol. The van der Waals surface area contributed by atoms with Gasteiger partial charge < -0.3 is 10.5 Å². The Kier molecular flexibility index (Phi) is 4.99. The zero-order valence-electron chi connectivity index (χ0n) is 11.0. The Balaban J connectivity index is 2.70. The van der Waals surface area contributed by atoms with E-state index in [9.17, 15) is 0 Å². The number of methoxy groups -OCH3 is 1. The average molecular weight is 256 g/mol. The quantitative estimate of drug-likeness (QED) is 0.896. The molecule has 0 saturated carbocycles. The van der Waals surface area contributed by atoms with Gasteiger partial charge in [0.25, 0.3) is 0 Å². The molecule has 0 spiro atoms. The second-order valence-corrected chi connectivity index (χ2v) is 5.95. The maximum absolute atomic E-state index is 6.23. The third-order valence-corrected chi connectivity index (χ3v) is 3.13. The van der Waals surface area contributed by atoms with E-state index in [1.54, 1.807) is 7.11 Å². The van der Waals surface area contributed by atoms with Crippen LogP contribution in [0.3, 0.4) is 0 Å². The van der Waals surface area contributed by atoms with Crippen LogP contribution in [-0.4, -0.2) is 19.3 Å². The van der Waals surface area contributed by atoms with Crippen molar-refractivity contribution >= 4 is 11.6 Å². The minimum absolute atomic E-state index is 0.0128. The Morgan fingerprint density at radius 1 is 1.24 bits per heavy atom. The highest BCUT2D eigenvalue weighted by atomic mass is 35.5. The van der Waals surface area contributed by atoms with Crippen LogP contribution in [0, 0.1) is 5.41 Å². The largest absolute Gasteiger partial charge is 0.379 e. The highest BCUT2D eigenvalue weighted by Crippen LogP contribution is 2.25. The number of rotatable bonds is 4. The Labute approximate surface area is 109 Å². The lowest BCUT2D eigenvalue weighted by atomic mass is 9.83. The fourth-order valence-electron chi connectivity index (χ4n) is 2.17. The first-order valence-electron chi connectivity index (χ1n) is 5.87. The van der Waals surface area contributed by atoms with E-state index < -0.39 is 0 Å². The summed E-state index contributed by atoms with van der Waals surface area (Å²) in [5, 5.41) is 0.751. The van der Waals surface area contributed by atoms with Crippen molar-refractivity contribution in [2.75, 3.05) is 7.11 Å². The molecule has 2 nitrogen and oxygen atoms in total. The van der Waals surface area contributed by atoms with Crippen LogP contribution in [-0.2, 0) is 11.2 Å². The molecular formula is C14H22ClNO. The van der Waals surface area contributed by atoms with Crippen LogP contribution in [0.25, 0.3) is 0 Å². The number of ether oxygens (including phenoxy) is 1. The van der Waals surface area contributed by atoms with Gasteiger partial charge in [0.15, 0.2) is 0 Å². The number of hydrogen-bond donors (Lipinski definition) is 1. The molecule has 0 amide bonds. The van der Waals surface area contributed by atoms with Gasteiger partial charge in [-0.05, 0) is 29.5 Å². The lowest BCUT2D eigenvalue weighted by Gasteiger charge is -2.34. The third-order valence-electron chi connectivity index (χ3n) is 2.88. The number of hydrogen-bond acceptors (Lipinski definition) is 2. The third kappa shape index (κ3) is 4.30. The van der Waals surface area contributed by atoms with Crippen molar-refractivity contribution in [3.8, 4) is 0 Å². The van der Waals surface area contributed by atoms with Crippen LogP contribution in [0.4, 0.5) is 0 Å². The minimum Gasteiger partial charge on any atom is -0.379 e. The van der Waals surface area contributed by atoms with Crippen molar-refractivity contribution in [3.63, 3.8) is 0 Å². The second kappa shape index (κ2) is 5.85. The van der Waals surface area contributed by atoms with E-state index in [4.69, 9.17) is 22.1 Å². The molecule has 2 atom stereocenters. The lowest BCUT2D eigenvalue weighted by molar-refractivity contribution is -0.00165. The molecule has 1 aromatic carbocycles. The number of nitrogens with two attached hydrogens (primary N) is 1. The smallest absolute Gasteiger partial charge is 0.0773 e. The molecule has 1 aromatic rings. The predicted octanol–water partition coefficient (Wildman–Crippen LogP) is 3.27. The average Bonchev–Trinajstić information content (AvgIpc) is 2.20. The molecule has 0 aliphatic carbocycles. The van der Waals surface area contributed by atoms with Gasteiger partial charge in [-0.25, -0.2) is 0 Å². The number of halogens is 1. The fraction of sp³-hybridized carbons (Fsp3) is 0.571. The molecule has 1 rings (SSSR count). The maximum atomic E-state index is 6.23. The summed E-state index contributed by atoms with van der Waals surface area (Å²) in [5.41, 5.74) is 7.46. The van der Waals surface area contributed by atoms with E-state index in [0.717, 1.165) is 11.4 Å². The van der Waals surface area contributed by atoms with Gasteiger partial charge in [0.2, 0.25) is 0 Å². The van der Waals surface area contributed by atoms with Crippen LogP contribution in [0.1, 0.15) is 26.3 Å². The molecule has 0 radical (unpaired) electrons. The van der Waals surface area contributed by atoms with Crippen molar-refractivity contribution in [1.82, 2.24) is 0 Å². The summed E-state index contributed by atoms with van der Waals surface area (Å²) in [7, 11) is 1.72. The van der Waals surface area contributed by atoms with Crippen LogP contribution in [0.15, 0.2) is 24.3 Å². The molecule has 0 saturated heterocycles. The van der Waals surface area contributed by atoms with Crippen molar-refractivity contribution in [1.29, 1.82) is 0 Å². The monoisotopic (exact) mass is 255 g/mol. The molecule has 0 aliphatic rings. The van der Waals surface area contributed by atoms with Gasteiger partial charge in [0, 0.05) is 18.2 Å². The van der Waals surface area contributed by atoms with E-state index in [2.05, 4.69) is 20.8 Å². The molecule has 0 heterocycles. The first-order chi connectivity index (χ1) is 7.84. The summed E-state index contributed by atoms with van der Waals surface area (Å²) >= 11 is 5.85. The molecular weight excluding hydrogens is 234 g/mol. The van der Waals surface area contributed by atoms with Crippen molar-refractivity contribution in [2.45, 2.75) is 39.3 Å². The van der Waals surface area contributed by atoms with Gasteiger partial charge >= 0.3 is 0 Å². The molecule has 0 aliphatic heterocycles. The van der Waals surface area contributed by atoms with Gasteiger partial charge in [-0.2, -0.15) is 0 Å². The van der Waals surface area contributed by atoms with Crippen molar-refractivity contribution in [2.24, 2.45) is 11.1 Å². The topological polar surface area (TPSA) is 35.2 Å². The van der Waals surface area contributed by atoms with Crippen LogP contribution < -0.4 is 5.73 Å². The summed E-state index contributed by atoms with van der Waals surface area (Å²) in [6, 6.07) is 7.79. The molecule has 2 N–H and O–H groups in total. The summed E-state index contributed by atoms with van der Waals surface area (Å²) in [4.78, 5) is 0. The summed E-state index contributed by atoms with van der Waals surface area (Å²) in [6.45, 7) is 6.43. The Hall–Kier alpha value is -0.570. The summed E-state index contributed by atoms with van der Waals surface area (Å²) in [6.07, 6.45) is 0.839. The number of benzene rings is 1. The zero-order valence-corrected chi connectivity index (χ0v) is 11.8. The maximum Gasteiger partial charge on any atom is 0.0773 e. The van der Waals surface area contributed by atoms with E-state index in [-0.39, 0.29) is 17.6 Å². The highest BCUT2D eigenvalue weighted by Gasteiger charge is 2.30. The first kappa shape index (κ1) is 14.5. The highest BCUT2D eigenvalue weighted by molar-refractivity contribution is 6.30. The van der Waals surface area contributed by atoms with Crippen molar-refractivity contribution < 1.29 is 4.74 Å². The molecule has 96 valence electrons. The van der Waals surface area contributed by atoms with Crippen LogP contribution in [0.2, 0.25) is 5.02 Å². The first-order valence-corrected chi connectivity index (χ1v) is 6.25. The zero-order chi connectivity index (χ0) is 13.1. The van der Waals surface area contributed by atoms with Gasteiger partial charge in [-0.3, -0.25) is 0 Å². The molecule has 3 heteroatoms. The van der Waals surface area contributed by atoms with Crippen molar-refractivity contribution in [3.05, 3.63) is 34.9 Å². The van der Waals surface area contributed by atoms with E-state index in [0.29, 0.717) is 0 Å². The Morgan fingerprint density at radius 3 is 2.18 bits per heavy atom. The summed E-state index contributed by atoms with van der Waals surface area (Å²) < 4.78 is 5.52. The second-order valence-electron chi connectivity index (χ2n) is 5.52. The Bertz CT molecular complexity index is 342. The standard InChI is InChI=1S/C14H22ClNO/c1-14(2,3)13(17-4)12(16)9-10-5-7-11(15)8-6-10/h5-8,12-13H,9,16H2,1-4H3.